The van der Waals surface area contributed by atoms with Crippen LogP contribution in [0.1, 0.15) is 48.5 Å². The predicted octanol–water partition coefficient (Wildman–Crippen LogP) is 4.64. The first-order valence-corrected chi connectivity index (χ1v) is 9.78. The molecule has 2 aromatic rings. The van der Waals surface area contributed by atoms with Gasteiger partial charge in [0.25, 0.3) is 0 Å². The fraction of sp³-hybridized carbons (Fsp3) is 0.435. The summed E-state index contributed by atoms with van der Waals surface area (Å²) >= 11 is 0. The van der Waals surface area contributed by atoms with Crippen molar-refractivity contribution in [1.29, 1.82) is 0 Å². The molecule has 1 heterocycles. The molecule has 0 aromatic heterocycles. The lowest BCUT2D eigenvalue weighted by Gasteiger charge is -2.32. The SMILES string of the molecule is CC(C)(C)C(=O)Nc1c(B2OC(C)(C)C(C)(C)O2)cccc1-c1ccccc1. The second-order valence-corrected chi connectivity index (χ2v) is 9.43. The van der Waals surface area contributed by atoms with Gasteiger partial charge in [-0.3, -0.25) is 4.79 Å². The van der Waals surface area contributed by atoms with Crippen molar-refractivity contribution >= 4 is 24.2 Å². The van der Waals surface area contributed by atoms with E-state index in [9.17, 15) is 4.79 Å². The molecule has 0 atom stereocenters. The molecule has 4 nitrogen and oxygen atoms in total. The van der Waals surface area contributed by atoms with Gasteiger partial charge in [-0.15, -0.1) is 0 Å². The van der Waals surface area contributed by atoms with Gasteiger partial charge in [-0.1, -0.05) is 69.3 Å². The number of anilines is 1. The summed E-state index contributed by atoms with van der Waals surface area (Å²) in [5, 5.41) is 3.15. The van der Waals surface area contributed by atoms with Gasteiger partial charge in [0, 0.05) is 22.1 Å². The monoisotopic (exact) mass is 379 g/mol. The molecule has 1 fully saturated rings. The predicted molar refractivity (Wildman–Crippen MR) is 116 cm³/mol. The first-order chi connectivity index (χ1) is 12.9. The second-order valence-electron chi connectivity index (χ2n) is 9.43. The average Bonchev–Trinajstić information content (AvgIpc) is 2.82. The molecule has 28 heavy (non-hydrogen) atoms. The molecule has 0 aliphatic carbocycles. The Kier molecular flexibility index (Phi) is 5.19. The Labute approximate surface area is 168 Å². The molecule has 148 valence electrons. The summed E-state index contributed by atoms with van der Waals surface area (Å²) < 4.78 is 12.6. The minimum absolute atomic E-state index is 0.0475. The van der Waals surface area contributed by atoms with Crippen molar-refractivity contribution in [3.8, 4) is 11.1 Å². The van der Waals surface area contributed by atoms with Crippen LogP contribution in [-0.2, 0) is 14.1 Å². The van der Waals surface area contributed by atoms with E-state index in [1.165, 1.54) is 0 Å². The topological polar surface area (TPSA) is 47.6 Å². The van der Waals surface area contributed by atoms with E-state index < -0.39 is 23.7 Å². The first-order valence-electron chi connectivity index (χ1n) is 9.78. The van der Waals surface area contributed by atoms with E-state index in [1.807, 2.05) is 97.0 Å². The average molecular weight is 379 g/mol. The Morgan fingerprint density at radius 1 is 0.893 bits per heavy atom. The van der Waals surface area contributed by atoms with E-state index in [1.54, 1.807) is 0 Å². The third-order valence-corrected chi connectivity index (χ3v) is 5.61. The lowest BCUT2D eigenvalue weighted by Crippen LogP contribution is -2.41. The molecule has 0 unspecified atom stereocenters. The highest BCUT2D eigenvalue weighted by Gasteiger charge is 2.52. The molecule has 2 aromatic carbocycles. The molecule has 5 heteroatoms. The van der Waals surface area contributed by atoms with Crippen molar-refractivity contribution in [1.82, 2.24) is 0 Å². The summed E-state index contributed by atoms with van der Waals surface area (Å²) in [6, 6.07) is 16.0. The number of benzene rings is 2. The van der Waals surface area contributed by atoms with Gasteiger partial charge in [0.05, 0.1) is 11.2 Å². The molecular formula is C23H30BNO3. The summed E-state index contributed by atoms with van der Waals surface area (Å²) in [4.78, 5) is 12.8. The molecule has 0 spiro atoms. The van der Waals surface area contributed by atoms with Crippen LogP contribution in [0.2, 0.25) is 0 Å². The minimum Gasteiger partial charge on any atom is -0.399 e. The molecular weight excluding hydrogens is 349 g/mol. The van der Waals surface area contributed by atoms with Gasteiger partial charge < -0.3 is 14.6 Å². The maximum Gasteiger partial charge on any atom is 0.497 e. The largest absolute Gasteiger partial charge is 0.497 e. The Hall–Kier alpha value is -2.11. The van der Waals surface area contributed by atoms with Crippen LogP contribution in [0.3, 0.4) is 0 Å². The Balaban J connectivity index is 2.11. The van der Waals surface area contributed by atoms with Gasteiger partial charge in [0.15, 0.2) is 0 Å². The normalized spacial score (nSPS) is 18.2. The number of hydrogen-bond acceptors (Lipinski definition) is 3. The van der Waals surface area contributed by atoms with Crippen LogP contribution in [0.5, 0.6) is 0 Å². The van der Waals surface area contributed by atoms with Crippen LogP contribution in [-0.4, -0.2) is 24.2 Å². The van der Waals surface area contributed by atoms with Crippen LogP contribution < -0.4 is 10.8 Å². The molecule has 1 amide bonds. The van der Waals surface area contributed by atoms with Crippen molar-refractivity contribution in [2.75, 3.05) is 5.32 Å². The van der Waals surface area contributed by atoms with Crippen molar-refractivity contribution in [3.63, 3.8) is 0 Å². The molecule has 1 aliphatic heterocycles. The number of carbonyl (C=O) groups excluding carboxylic acids is 1. The molecule has 0 bridgehead atoms. The summed E-state index contributed by atoms with van der Waals surface area (Å²) in [6.07, 6.45) is 0. The Bertz CT molecular complexity index is 853. The van der Waals surface area contributed by atoms with Crippen LogP contribution in [0.25, 0.3) is 11.1 Å². The zero-order chi connectivity index (χ0) is 20.7. The molecule has 1 N–H and O–H groups in total. The quantitative estimate of drug-likeness (QED) is 0.791. The molecule has 3 rings (SSSR count). The third kappa shape index (κ3) is 3.87. The van der Waals surface area contributed by atoms with Gasteiger partial charge in [0.1, 0.15) is 0 Å². The van der Waals surface area contributed by atoms with Gasteiger partial charge in [-0.2, -0.15) is 0 Å². The van der Waals surface area contributed by atoms with Gasteiger partial charge in [0.2, 0.25) is 5.91 Å². The zero-order valence-corrected chi connectivity index (χ0v) is 17.9. The van der Waals surface area contributed by atoms with E-state index in [-0.39, 0.29) is 5.91 Å². The molecule has 1 saturated heterocycles. The number of carbonyl (C=O) groups is 1. The zero-order valence-electron chi connectivity index (χ0n) is 17.9. The van der Waals surface area contributed by atoms with Crippen LogP contribution in [0.15, 0.2) is 48.5 Å². The Morgan fingerprint density at radius 3 is 2.00 bits per heavy atom. The standard InChI is InChI=1S/C23H30BNO3/c1-21(2,3)20(26)25-19-17(16-12-9-8-10-13-16)14-11-15-18(19)24-27-22(4,5)23(6,7)28-24/h8-15H,1-7H3,(H,25,26). The first kappa shape index (κ1) is 20.6. The van der Waals surface area contributed by atoms with E-state index in [2.05, 4.69) is 5.32 Å². The van der Waals surface area contributed by atoms with Crippen molar-refractivity contribution in [2.45, 2.75) is 59.7 Å². The number of hydrogen-bond donors (Lipinski definition) is 1. The number of para-hydroxylation sites is 1. The van der Waals surface area contributed by atoms with Crippen LogP contribution in [0.4, 0.5) is 5.69 Å². The fourth-order valence-electron chi connectivity index (χ4n) is 3.04. The van der Waals surface area contributed by atoms with E-state index in [4.69, 9.17) is 9.31 Å². The van der Waals surface area contributed by atoms with E-state index >= 15 is 0 Å². The number of rotatable bonds is 3. The van der Waals surface area contributed by atoms with E-state index in [0.29, 0.717) is 0 Å². The molecule has 0 radical (unpaired) electrons. The van der Waals surface area contributed by atoms with Crippen molar-refractivity contribution in [2.24, 2.45) is 5.41 Å². The Morgan fingerprint density at radius 2 is 1.46 bits per heavy atom. The minimum atomic E-state index is -0.552. The highest BCUT2D eigenvalue weighted by atomic mass is 16.7. The molecule has 1 aliphatic rings. The smallest absolute Gasteiger partial charge is 0.399 e. The van der Waals surface area contributed by atoms with Gasteiger partial charge in [-0.25, -0.2) is 0 Å². The maximum absolute atomic E-state index is 12.8. The van der Waals surface area contributed by atoms with Crippen molar-refractivity contribution < 1.29 is 14.1 Å². The van der Waals surface area contributed by atoms with Gasteiger partial charge >= 0.3 is 7.12 Å². The summed E-state index contributed by atoms with van der Waals surface area (Å²) in [5.41, 5.74) is 2.13. The fourth-order valence-corrected chi connectivity index (χ4v) is 3.04. The summed E-state index contributed by atoms with van der Waals surface area (Å²) in [6.45, 7) is 13.8. The van der Waals surface area contributed by atoms with Crippen LogP contribution >= 0.6 is 0 Å². The maximum atomic E-state index is 12.8. The number of nitrogens with one attached hydrogen (secondary N) is 1. The van der Waals surface area contributed by atoms with Crippen LogP contribution in [0, 0.1) is 5.41 Å². The third-order valence-electron chi connectivity index (χ3n) is 5.61. The summed E-state index contributed by atoms with van der Waals surface area (Å²) in [5.74, 6) is -0.0475. The highest BCUT2D eigenvalue weighted by molar-refractivity contribution is 6.64. The number of amides is 1. The lowest BCUT2D eigenvalue weighted by molar-refractivity contribution is -0.123. The second kappa shape index (κ2) is 7.05. The lowest BCUT2D eigenvalue weighted by atomic mass is 9.76. The van der Waals surface area contributed by atoms with Crippen molar-refractivity contribution in [3.05, 3.63) is 48.5 Å². The summed E-state index contributed by atoms with van der Waals surface area (Å²) in [7, 11) is -0.552. The van der Waals surface area contributed by atoms with Gasteiger partial charge in [-0.05, 0) is 33.3 Å². The van der Waals surface area contributed by atoms with E-state index in [0.717, 1.165) is 22.3 Å². The molecule has 0 saturated carbocycles. The highest BCUT2D eigenvalue weighted by Crippen LogP contribution is 2.38.